The molecule has 0 atom stereocenters. The van der Waals surface area contributed by atoms with Crippen molar-refractivity contribution < 1.29 is 13.2 Å². The van der Waals surface area contributed by atoms with Gasteiger partial charge in [0.05, 0.1) is 4.90 Å². The highest BCUT2D eigenvalue weighted by Gasteiger charge is 2.21. The van der Waals surface area contributed by atoms with E-state index in [1.54, 1.807) is 12.1 Å². The van der Waals surface area contributed by atoms with Gasteiger partial charge in [0, 0.05) is 30.7 Å². The fraction of sp³-hybridized carbons (Fsp3) is 0.188. The Hall–Kier alpha value is -1.70. The SMILES string of the molecule is CC(=O)Nc1ccc(S(=O)(=O)N(C)Cc2ccccc2Br)cc1. The van der Waals surface area contributed by atoms with Gasteiger partial charge in [-0.1, -0.05) is 34.1 Å². The van der Waals surface area contributed by atoms with E-state index in [9.17, 15) is 13.2 Å². The van der Waals surface area contributed by atoms with Crippen LogP contribution in [0.2, 0.25) is 0 Å². The molecule has 0 aliphatic rings. The smallest absolute Gasteiger partial charge is 0.243 e. The Morgan fingerprint density at radius 1 is 1.13 bits per heavy atom. The van der Waals surface area contributed by atoms with Crippen molar-refractivity contribution in [3.63, 3.8) is 0 Å². The summed E-state index contributed by atoms with van der Waals surface area (Å²) in [7, 11) is -2.06. The maximum Gasteiger partial charge on any atom is 0.243 e. The molecule has 0 unspecified atom stereocenters. The van der Waals surface area contributed by atoms with Crippen LogP contribution in [0.15, 0.2) is 57.9 Å². The molecule has 1 amide bonds. The molecule has 0 saturated heterocycles. The number of carbonyl (C=O) groups is 1. The van der Waals surface area contributed by atoms with Crippen LogP contribution >= 0.6 is 15.9 Å². The third kappa shape index (κ3) is 4.40. The van der Waals surface area contributed by atoms with Gasteiger partial charge in [0.1, 0.15) is 0 Å². The van der Waals surface area contributed by atoms with Gasteiger partial charge in [0.25, 0.3) is 0 Å². The van der Waals surface area contributed by atoms with E-state index in [1.807, 2.05) is 24.3 Å². The molecule has 0 aliphatic carbocycles. The van der Waals surface area contributed by atoms with Gasteiger partial charge < -0.3 is 5.32 Å². The third-order valence-electron chi connectivity index (χ3n) is 3.23. The molecule has 0 bridgehead atoms. The minimum atomic E-state index is -3.60. The van der Waals surface area contributed by atoms with Crippen LogP contribution in [0, 0.1) is 0 Å². The van der Waals surface area contributed by atoms with Crippen molar-refractivity contribution in [2.75, 3.05) is 12.4 Å². The second-order valence-corrected chi connectivity index (χ2v) is 7.96. The molecule has 0 spiro atoms. The van der Waals surface area contributed by atoms with Gasteiger partial charge in [0.2, 0.25) is 15.9 Å². The zero-order valence-electron chi connectivity index (χ0n) is 12.8. The highest BCUT2D eigenvalue weighted by molar-refractivity contribution is 9.10. The highest BCUT2D eigenvalue weighted by atomic mass is 79.9. The molecular formula is C16H17BrN2O3S. The molecule has 7 heteroatoms. The zero-order valence-corrected chi connectivity index (χ0v) is 15.2. The van der Waals surface area contributed by atoms with Crippen LogP contribution in [-0.2, 0) is 21.4 Å². The Morgan fingerprint density at radius 2 is 1.74 bits per heavy atom. The van der Waals surface area contributed by atoms with Crippen LogP contribution in [0.1, 0.15) is 12.5 Å². The molecule has 0 aromatic heterocycles. The lowest BCUT2D eigenvalue weighted by molar-refractivity contribution is -0.114. The molecule has 0 radical (unpaired) electrons. The lowest BCUT2D eigenvalue weighted by Gasteiger charge is -2.18. The van der Waals surface area contributed by atoms with Crippen molar-refractivity contribution in [3.05, 3.63) is 58.6 Å². The lowest BCUT2D eigenvalue weighted by atomic mass is 10.2. The molecule has 1 N–H and O–H groups in total. The fourth-order valence-electron chi connectivity index (χ4n) is 2.04. The van der Waals surface area contributed by atoms with Gasteiger partial charge in [0.15, 0.2) is 0 Å². The average Bonchev–Trinajstić information content (AvgIpc) is 2.49. The molecule has 2 aromatic carbocycles. The third-order valence-corrected chi connectivity index (χ3v) is 5.82. The van der Waals surface area contributed by atoms with Gasteiger partial charge in [-0.3, -0.25) is 4.79 Å². The van der Waals surface area contributed by atoms with E-state index in [1.165, 1.54) is 30.4 Å². The molecule has 0 fully saturated rings. The second-order valence-electron chi connectivity index (χ2n) is 5.06. The van der Waals surface area contributed by atoms with Crippen molar-refractivity contribution in [2.24, 2.45) is 0 Å². The molecule has 2 aromatic rings. The number of anilines is 1. The van der Waals surface area contributed by atoms with Crippen molar-refractivity contribution in [1.82, 2.24) is 4.31 Å². The number of rotatable bonds is 5. The van der Waals surface area contributed by atoms with E-state index < -0.39 is 10.0 Å². The summed E-state index contributed by atoms with van der Waals surface area (Å²) in [4.78, 5) is 11.2. The molecule has 2 rings (SSSR count). The minimum Gasteiger partial charge on any atom is -0.326 e. The maximum atomic E-state index is 12.6. The van der Waals surface area contributed by atoms with Crippen molar-refractivity contribution in [1.29, 1.82) is 0 Å². The first-order valence-corrected chi connectivity index (χ1v) is 9.11. The molecule has 23 heavy (non-hydrogen) atoms. The first-order chi connectivity index (χ1) is 10.8. The van der Waals surface area contributed by atoms with Crippen LogP contribution in [0.5, 0.6) is 0 Å². The molecule has 0 aliphatic heterocycles. The highest BCUT2D eigenvalue weighted by Crippen LogP contribution is 2.22. The number of sulfonamides is 1. The van der Waals surface area contributed by atoms with Crippen LogP contribution in [0.25, 0.3) is 0 Å². The number of benzene rings is 2. The summed E-state index contributed by atoms with van der Waals surface area (Å²) in [5.74, 6) is -0.202. The molecule has 0 saturated carbocycles. The molecule has 122 valence electrons. The number of amides is 1. The van der Waals surface area contributed by atoms with E-state index >= 15 is 0 Å². The van der Waals surface area contributed by atoms with Crippen LogP contribution in [0.4, 0.5) is 5.69 Å². The zero-order chi connectivity index (χ0) is 17.0. The Balaban J connectivity index is 2.20. The van der Waals surface area contributed by atoms with Gasteiger partial charge >= 0.3 is 0 Å². The normalized spacial score (nSPS) is 11.5. The lowest BCUT2D eigenvalue weighted by Crippen LogP contribution is -2.26. The fourth-order valence-corrected chi connectivity index (χ4v) is 3.60. The maximum absolute atomic E-state index is 12.6. The van der Waals surface area contributed by atoms with E-state index in [-0.39, 0.29) is 17.3 Å². The predicted octanol–water partition coefficient (Wildman–Crippen LogP) is 3.23. The molecular weight excluding hydrogens is 380 g/mol. The predicted molar refractivity (Wildman–Crippen MR) is 93.5 cm³/mol. The summed E-state index contributed by atoms with van der Waals surface area (Å²) in [6.45, 7) is 1.66. The Bertz CT molecular complexity index is 804. The Kier molecular flexibility index (Phi) is 5.56. The minimum absolute atomic E-state index is 0.182. The van der Waals surface area contributed by atoms with E-state index in [0.29, 0.717) is 5.69 Å². The van der Waals surface area contributed by atoms with Crippen molar-refractivity contribution >= 4 is 37.5 Å². The van der Waals surface area contributed by atoms with Crippen molar-refractivity contribution in [2.45, 2.75) is 18.4 Å². The summed E-state index contributed by atoms with van der Waals surface area (Å²) >= 11 is 3.42. The van der Waals surface area contributed by atoms with Gasteiger partial charge in [-0.15, -0.1) is 0 Å². The largest absolute Gasteiger partial charge is 0.326 e. The van der Waals surface area contributed by atoms with E-state index in [4.69, 9.17) is 0 Å². The second kappa shape index (κ2) is 7.25. The first kappa shape index (κ1) is 17.7. The van der Waals surface area contributed by atoms with Crippen LogP contribution in [-0.4, -0.2) is 25.7 Å². The first-order valence-electron chi connectivity index (χ1n) is 6.88. The Morgan fingerprint density at radius 3 is 2.30 bits per heavy atom. The van der Waals surface area contributed by atoms with Gasteiger partial charge in [-0.25, -0.2) is 8.42 Å². The number of nitrogens with one attached hydrogen (secondary N) is 1. The number of carbonyl (C=O) groups excluding carboxylic acids is 1. The number of nitrogens with zero attached hydrogens (tertiary/aromatic N) is 1. The van der Waals surface area contributed by atoms with E-state index in [0.717, 1.165) is 10.0 Å². The molecule has 5 nitrogen and oxygen atoms in total. The monoisotopic (exact) mass is 396 g/mol. The summed E-state index contributed by atoms with van der Waals surface area (Å²) in [5, 5.41) is 2.61. The average molecular weight is 397 g/mol. The number of hydrogen-bond acceptors (Lipinski definition) is 3. The van der Waals surface area contributed by atoms with Crippen LogP contribution < -0.4 is 5.32 Å². The van der Waals surface area contributed by atoms with E-state index in [2.05, 4.69) is 21.2 Å². The van der Waals surface area contributed by atoms with Crippen LogP contribution in [0.3, 0.4) is 0 Å². The standard InChI is InChI=1S/C16H17BrN2O3S/c1-12(20)18-14-7-9-15(10-8-14)23(21,22)19(2)11-13-5-3-4-6-16(13)17/h3-10H,11H2,1-2H3,(H,18,20). The van der Waals surface area contributed by atoms with Crippen molar-refractivity contribution in [3.8, 4) is 0 Å². The summed E-state index contributed by atoms with van der Waals surface area (Å²) in [6.07, 6.45) is 0. The topological polar surface area (TPSA) is 66.5 Å². The summed E-state index contributed by atoms with van der Waals surface area (Å²) in [6, 6.07) is 13.6. The number of hydrogen-bond donors (Lipinski definition) is 1. The number of halogens is 1. The summed E-state index contributed by atoms with van der Waals surface area (Å²) in [5.41, 5.74) is 1.44. The Labute approximate surface area is 144 Å². The van der Waals surface area contributed by atoms with Gasteiger partial charge in [-0.2, -0.15) is 4.31 Å². The molecule has 0 heterocycles. The van der Waals surface area contributed by atoms with Gasteiger partial charge in [-0.05, 0) is 35.9 Å². The summed E-state index contributed by atoms with van der Waals surface area (Å²) < 4.78 is 27.4. The quantitative estimate of drug-likeness (QED) is 0.843.